The summed E-state index contributed by atoms with van der Waals surface area (Å²) in [5.74, 6) is 0.585. The second-order valence-electron chi connectivity index (χ2n) is 4.37. The molecule has 1 N–H and O–H groups in total. The van der Waals surface area contributed by atoms with E-state index < -0.39 is 0 Å². The number of nitrogens with one attached hydrogen (secondary N) is 1. The van der Waals surface area contributed by atoms with E-state index in [-0.39, 0.29) is 11.2 Å². The molecular formula is C13H19N3O2S. The second kappa shape index (κ2) is 6.77. The zero-order valence-corrected chi connectivity index (χ0v) is 12.1. The fraction of sp³-hybridized carbons (Fsp3) is 0.538. The highest BCUT2D eigenvalue weighted by molar-refractivity contribution is 7.99. The van der Waals surface area contributed by atoms with Gasteiger partial charge in [0.1, 0.15) is 5.82 Å². The molecule has 1 atom stereocenters. The van der Waals surface area contributed by atoms with E-state index >= 15 is 0 Å². The minimum absolute atomic E-state index is 0.0147. The summed E-state index contributed by atoms with van der Waals surface area (Å²) in [6.07, 6.45) is 3.71. The van der Waals surface area contributed by atoms with Gasteiger partial charge in [-0.1, -0.05) is 0 Å². The third kappa shape index (κ3) is 3.84. The number of hydrogen-bond donors (Lipinski definition) is 1. The molecule has 0 radical (unpaired) electrons. The highest BCUT2D eigenvalue weighted by Crippen LogP contribution is 2.17. The zero-order valence-electron chi connectivity index (χ0n) is 11.3. The van der Waals surface area contributed by atoms with Crippen molar-refractivity contribution in [3.8, 4) is 0 Å². The number of thioether (sulfide) groups is 1. The summed E-state index contributed by atoms with van der Waals surface area (Å²) in [5, 5.41) is 2.74. The number of aromatic nitrogens is 1. The Morgan fingerprint density at radius 1 is 1.47 bits per heavy atom. The maximum Gasteiger partial charge on any atom is 0.238 e. The first-order valence-corrected chi connectivity index (χ1v) is 7.62. The molecule has 5 nitrogen and oxygen atoms in total. The molecule has 0 spiro atoms. The van der Waals surface area contributed by atoms with Gasteiger partial charge in [-0.3, -0.25) is 4.79 Å². The van der Waals surface area contributed by atoms with E-state index in [1.54, 1.807) is 6.20 Å². The van der Waals surface area contributed by atoms with E-state index in [1.807, 2.05) is 25.3 Å². The number of carbonyl (C=O) groups is 1. The van der Waals surface area contributed by atoms with Crippen molar-refractivity contribution in [2.75, 3.05) is 42.8 Å². The minimum Gasteiger partial charge on any atom is -0.378 e. The summed E-state index contributed by atoms with van der Waals surface area (Å²) in [4.78, 5) is 18.2. The Kier molecular flexibility index (Phi) is 5.04. The summed E-state index contributed by atoms with van der Waals surface area (Å²) in [6, 6.07) is 3.83. The van der Waals surface area contributed by atoms with Gasteiger partial charge in [-0.25, -0.2) is 4.98 Å². The molecule has 1 unspecified atom stereocenters. The van der Waals surface area contributed by atoms with E-state index in [2.05, 4.69) is 15.2 Å². The Hall–Kier alpha value is -1.27. The Morgan fingerprint density at radius 2 is 2.21 bits per heavy atom. The molecule has 1 aliphatic heterocycles. The molecule has 0 bridgehead atoms. The highest BCUT2D eigenvalue weighted by atomic mass is 32.2. The standard InChI is InChI=1S/C13H19N3O2S/c1-10(19-2)13(17)15-12-4-3-11(9-14-12)16-5-7-18-8-6-16/h3-4,9-10H,5-8H2,1-2H3,(H,14,15,17). The molecule has 1 amide bonds. The van der Waals surface area contributed by atoms with Crippen LogP contribution in [0.5, 0.6) is 0 Å². The average Bonchev–Trinajstić information content (AvgIpc) is 2.48. The lowest BCUT2D eigenvalue weighted by Gasteiger charge is -2.28. The van der Waals surface area contributed by atoms with Crippen LogP contribution in [-0.4, -0.2) is 48.7 Å². The number of hydrogen-bond acceptors (Lipinski definition) is 5. The van der Waals surface area contributed by atoms with Crippen LogP contribution in [0.3, 0.4) is 0 Å². The number of anilines is 2. The molecule has 6 heteroatoms. The number of carbonyl (C=O) groups excluding carboxylic acids is 1. The largest absolute Gasteiger partial charge is 0.378 e. The van der Waals surface area contributed by atoms with E-state index in [0.29, 0.717) is 5.82 Å². The molecule has 2 rings (SSSR count). The maximum atomic E-state index is 11.7. The predicted octanol–water partition coefficient (Wildman–Crippen LogP) is 1.61. The molecule has 1 aliphatic rings. The van der Waals surface area contributed by atoms with Crippen LogP contribution in [0.4, 0.5) is 11.5 Å². The SMILES string of the molecule is CSC(C)C(=O)Nc1ccc(N2CCOCC2)cn1. The van der Waals surface area contributed by atoms with Crippen molar-refractivity contribution < 1.29 is 9.53 Å². The smallest absolute Gasteiger partial charge is 0.238 e. The van der Waals surface area contributed by atoms with Crippen LogP contribution in [0.25, 0.3) is 0 Å². The first kappa shape index (κ1) is 14.1. The van der Waals surface area contributed by atoms with Gasteiger partial charge < -0.3 is 15.0 Å². The number of nitrogens with zero attached hydrogens (tertiary/aromatic N) is 2. The van der Waals surface area contributed by atoms with Crippen LogP contribution in [0.15, 0.2) is 18.3 Å². The van der Waals surface area contributed by atoms with Gasteiger partial charge in [-0.05, 0) is 25.3 Å². The van der Waals surface area contributed by atoms with Crippen LogP contribution in [0, 0.1) is 0 Å². The van der Waals surface area contributed by atoms with Crippen LogP contribution in [0.1, 0.15) is 6.92 Å². The summed E-state index contributed by atoms with van der Waals surface area (Å²) in [5.41, 5.74) is 1.07. The first-order valence-electron chi connectivity index (χ1n) is 6.33. The molecule has 0 aromatic carbocycles. The van der Waals surface area contributed by atoms with Crippen LogP contribution in [0.2, 0.25) is 0 Å². The summed E-state index contributed by atoms with van der Waals surface area (Å²) >= 11 is 1.52. The molecule has 104 valence electrons. The van der Waals surface area contributed by atoms with E-state index in [0.717, 1.165) is 32.0 Å². The minimum atomic E-state index is -0.0688. The van der Waals surface area contributed by atoms with Crippen LogP contribution < -0.4 is 10.2 Å². The van der Waals surface area contributed by atoms with Crippen molar-refractivity contribution >= 4 is 29.2 Å². The lowest BCUT2D eigenvalue weighted by Crippen LogP contribution is -2.36. The van der Waals surface area contributed by atoms with Gasteiger partial charge in [0.05, 0.1) is 30.3 Å². The van der Waals surface area contributed by atoms with Crippen molar-refractivity contribution in [2.24, 2.45) is 0 Å². The summed E-state index contributed by atoms with van der Waals surface area (Å²) in [7, 11) is 0. The predicted molar refractivity (Wildman–Crippen MR) is 78.9 cm³/mol. The molecule has 1 aromatic rings. The van der Waals surface area contributed by atoms with Gasteiger partial charge in [0.2, 0.25) is 5.91 Å². The maximum absolute atomic E-state index is 11.7. The fourth-order valence-corrected chi connectivity index (χ4v) is 2.08. The monoisotopic (exact) mass is 281 g/mol. The van der Waals surface area contributed by atoms with E-state index in [4.69, 9.17) is 4.74 Å². The summed E-state index contributed by atoms with van der Waals surface area (Å²) in [6.45, 7) is 5.16. The fourth-order valence-electron chi connectivity index (χ4n) is 1.80. The second-order valence-corrected chi connectivity index (χ2v) is 5.55. The molecular weight excluding hydrogens is 262 g/mol. The van der Waals surface area contributed by atoms with Gasteiger partial charge in [0, 0.05) is 13.1 Å². The Bertz CT molecular complexity index is 418. The first-order chi connectivity index (χ1) is 9.20. The molecule has 1 aromatic heterocycles. The molecule has 1 fully saturated rings. The van der Waals surface area contributed by atoms with Gasteiger partial charge in [-0.2, -0.15) is 11.8 Å². The Balaban J connectivity index is 1.96. The van der Waals surface area contributed by atoms with Crippen molar-refractivity contribution in [1.29, 1.82) is 0 Å². The highest BCUT2D eigenvalue weighted by Gasteiger charge is 2.13. The Morgan fingerprint density at radius 3 is 2.79 bits per heavy atom. The van der Waals surface area contributed by atoms with Crippen molar-refractivity contribution in [3.05, 3.63) is 18.3 Å². The number of pyridine rings is 1. The molecule has 19 heavy (non-hydrogen) atoms. The number of rotatable bonds is 4. The number of amides is 1. The molecule has 0 aliphatic carbocycles. The van der Waals surface area contributed by atoms with Gasteiger partial charge >= 0.3 is 0 Å². The van der Waals surface area contributed by atoms with Crippen LogP contribution in [-0.2, 0) is 9.53 Å². The van der Waals surface area contributed by atoms with Gasteiger partial charge in [0.15, 0.2) is 0 Å². The van der Waals surface area contributed by atoms with Crippen molar-refractivity contribution in [2.45, 2.75) is 12.2 Å². The molecule has 0 saturated carbocycles. The lowest BCUT2D eigenvalue weighted by molar-refractivity contribution is -0.115. The topological polar surface area (TPSA) is 54.5 Å². The van der Waals surface area contributed by atoms with E-state index in [1.165, 1.54) is 11.8 Å². The Labute approximate surface area is 117 Å². The van der Waals surface area contributed by atoms with Gasteiger partial charge in [0.25, 0.3) is 0 Å². The number of ether oxygens (including phenoxy) is 1. The van der Waals surface area contributed by atoms with E-state index in [9.17, 15) is 4.79 Å². The quantitative estimate of drug-likeness (QED) is 0.908. The van der Waals surface area contributed by atoms with Crippen LogP contribution >= 0.6 is 11.8 Å². The number of morpholine rings is 1. The zero-order chi connectivity index (χ0) is 13.7. The lowest BCUT2D eigenvalue weighted by atomic mass is 10.3. The molecule has 1 saturated heterocycles. The average molecular weight is 281 g/mol. The molecule has 2 heterocycles. The van der Waals surface area contributed by atoms with Crippen molar-refractivity contribution in [3.63, 3.8) is 0 Å². The third-order valence-corrected chi connectivity index (χ3v) is 4.02. The van der Waals surface area contributed by atoms with Gasteiger partial charge in [-0.15, -0.1) is 0 Å². The normalized spacial score (nSPS) is 17.1. The van der Waals surface area contributed by atoms with Crippen molar-refractivity contribution in [1.82, 2.24) is 4.98 Å². The summed E-state index contributed by atoms with van der Waals surface area (Å²) < 4.78 is 5.31. The third-order valence-electron chi connectivity index (χ3n) is 3.10.